The van der Waals surface area contributed by atoms with Gasteiger partial charge in [0.25, 0.3) is 27.5 Å². The molecule has 10 rings (SSSR count). The largest absolute Gasteiger partial charge is 0.497 e. The number of hydrogen-bond donors (Lipinski definition) is 4. The topological polar surface area (TPSA) is 213 Å². The third kappa shape index (κ3) is 10.2. The lowest BCUT2D eigenvalue weighted by Gasteiger charge is -2.63. The maximum Gasteiger partial charge on any atom is 0.293 e. The molecule has 0 unspecified atom stereocenters. The molecule has 0 bridgehead atoms. The molecule has 19 heteroatoms. The molecule has 4 fully saturated rings. The minimum Gasteiger partial charge on any atom is -0.497 e. The highest BCUT2D eigenvalue weighted by Gasteiger charge is 2.55. The Bertz CT molecular complexity index is 3210. The van der Waals surface area contributed by atoms with Crippen LogP contribution in [0.15, 0.2) is 108 Å². The summed E-state index contributed by atoms with van der Waals surface area (Å²) in [7, 11) is -3.06. The Hall–Kier alpha value is -7.09. The van der Waals surface area contributed by atoms with Crippen LogP contribution in [0.25, 0.3) is 11.0 Å². The first-order valence-corrected chi connectivity index (χ1v) is 26.7. The van der Waals surface area contributed by atoms with Gasteiger partial charge in [-0.3, -0.25) is 24.6 Å². The van der Waals surface area contributed by atoms with Crippen LogP contribution in [0.2, 0.25) is 0 Å². The number of pyridine rings is 1. The number of benzene rings is 4. The summed E-state index contributed by atoms with van der Waals surface area (Å²) >= 11 is 0. The number of anilines is 2. The minimum absolute atomic E-state index is 0.00226. The van der Waals surface area contributed by atoms with E-state index in [0.717, 1.165) is 57.1 Å². The summed E-state index contributed by atoms with van der Waals surface area (Å²) in [4.78, 5) is 52.8. The number of piperazine rings is 1. The summed E-state index contributed by atoms with van der Waals surface area (Å²) < 4.78 is 56.0. The number of carbonyl (C=O) groups is 2. The van der Waals surface area contributed by atoms with Crippen molar-refractivity contribution in [1.29, 1.82) is 0 Å². The molecule has 2 saturated carbocycles. The van der Waals surface area contributed by atoms with Gasteiger partial charge < -0.3 is 34.7 Å². The van der Waals surface area contributed by atoms with E-state index in [2.05, 4.69) is 67.9 Å². The third-order valence-electron chi connectivity index (χ3n) is 15.6. The Morgan fingerprint density at radius 3 is 2.45 bits per heavy atom. The molecule has 1 atom stereocenters. The molecular weight excluding hydrogens is 968 g/mol. The van der Waals surface area contributed by atoms with Gasteiger partial charge in [0.2, 0.25) is 0 Å². The molecular formula is C55H61FN8O9S. The molecule has 4 heterocycles. The number of fused-ring (bicyclic) bond motifs is 1. The number of halogens is 1. The van der Waals surface area contributed by atoms with E-state index in [0.29, 0.717) is 55.7 Å². The maximum atomic E-state index is 14.7. The smallest absolute Gasteiger partial charge is 0.293 e. The third-order valence-corrected chi connectivity index (χ3v) is 16.9. The van der Waals surface area contributed by atoms with Crippen molar-refractivity contribution in [1.82, 2.24) is 24.5 Å². The number of amides is 2. The van der Waals surface area contributed by atoms with Gasteiger partial charge in [-0.05, 0) is 123 Å². The van der Waals surface area contributed by atoms with Crippen LogP contribution < -0.4 is 24.4 Å². The van der Waals surface area contributed by atoms with Crippen LogP contribution in [0.5, 0.6) is 17.2 Å². The molecule has 6 aromatic rings. The minimum atomic E-state index is -4.66. The average molecular weight is 1030 g/mol. The van der Waals surface area contributed by atoms with Crippen molar-refractivity contribution in [2.45, 2.75) is 87.8 Å². The van der Waals surface area contributed by atoms with Crippen molar-refractivity contribution < 1.29 is 41.9 Å². The van der Waals surface area contributed by atoms with Crippen LogP contribution in [-0.2, 0) is 10.0 Å². The fraction of sp³-hybridized carbons (Fsp3) is 0.400. The molecule has 4 aliphatic rings. The number of sulfonamides is 1. The number of aromatic nitrogens is 2. The first kappa shape index (κ1) is 50.4. The fourth-order valence-corrected chi connectivity index (χ4v) is 12.4. The monoisotopic (exact) mass is 1030 g/mol. The lowest BCUT2D eigenvalue weighted by molar-refractivity contribution is -0.384. The van der Waals surface area contributed by atoms with Gasteiger partial charge in [-0.25, -0.2) is 22.5 Å². The molecule has 2 aliphatic heterocycles. The summed E-state index contributed by atoms with van der Waals surface area (Å²) in [5.41, 5.74) is 2.93. The standard InChI is InChI=1S/C55H61FN8O9S/c1-34(2)42-7-5-6-8-43(42)49-31-61(53(66)36-9-12-39(72-4)13-10-36)21-22-63(49)38-26-55(27-38)32-62(33-55)37-11-15-44(50(23-37)73-40-24-45-46(56)30-59-51(45)58-29-40)52(65)60-74(70,71)41-14-16-47(48(25-41)64(68)69)57-28-35-17-19-54(3,67)20-18-35/h5-16,23-25,29-30,34-35,38,49,57,67H,17-22,26-28,31-33H2,1-4H3,(H,58,59)(H,60,65)/t35?,49-,54?/m0/s1. The van der Waals surface area contributed by atoms with Gasteiger partial charge in [0.1, 0.15) is 34.4 Å². The Morgan fingerprint density at radius 1 is 0.986 bits per heavy atom. The number of aromatic amines is 1. The van der Waals surface area contributed by atoms with Gasteiger partial charge in [-0.15, -0.1) is 0 Å². The number of nitrogens with zero attached hydrogens (tertiary/aromatic N) is 5. The first-order chi connectivity index (χ1) is 35.4. The van der Waals surface area contributed by atoms with Crippen molar-refractivity contribution in [3.05, 3.63) is 142 Å². The molecule has 17 nitrogen and oxygen atoms in total. The van der Waals surface area contributed by atoms with E-state index in [1.165, 1.54) is 47.8 Å². The Kier molecular flexibility index (Phi) is 13.6. The highest BCUT2D eigenvalue weighted by molar-refractivity contribution is 7.90. The number of nitro groups is 1. The average Bonchev–Trinajstić information content (AvgIpc) is 3.73. The van der Waals surface area contributed by atoms with E-state index < -0.39 is 42.9 Å². The Balaban J connectivity index is 0.853. The zero-order valence-electron chi connectivity index (χ0n) is 41.8. The van der Waals surface area contributed by atoms with E-state index in [9.17, 15) is 37.6 Å². The fourth-order valence-electron chi connectivity index (χ4n) is 11.4. The van der Waals surface area contributed by atoms with Gasteiger partial charge in [0, 0.05) is 80.3 Å². The lowest BCUT2D eigenvalue weighted by Crippen LogP contribution is -2.68. The number of nitrogens with one attached hydrogen (secondary N) is 3. The summed E-state index contributed by atoms with van der Waals surface area (Å²) in [5.74, 6) is -0.365. The molecule has 2 aromatic heterocycles. The molecule has 0 radical (unpaired) electrons. The van der Waals surface area contributed by atoms with Gasteiger partial charge >= 0.3 is 0 Å². The number of rotatable bonds is 15. The normalized spacial score (nSPS) is 21.0. The van der Waals surface area contributed by atoms with Crippen molar-refractivity contribution in [2.75, 3.05) is 56.6 Å². The maximum absolute atomic E-state index is 14.7. The number of nitro benzene ring substituents is 1. The lowest BCUT2D eigenvalue weighted by atomic mass is 9.59. The van der Waals surface area contributed by atoms with Crippen LogP contribution >= 0.6 is 0 Å². The predicted octanol–water partition coefficient (Wildman–Crippen LogP) is 9.17. The van der Waals surface area contributed by atoms with Gasteiger partial charge in [-0.1, -0.05) is 38.1 Å². The summed E-state index contributed by atoms with van der Waals surface area (Å²) in [6.45, 7) is 9.92. The van der Waals surface area contributed by atoms with E-state index in [4.69, 9.17) is 9.47 Å². The van der Waals surface area contributed by atoms with Crippen LogP contribution in [-0.4, -0.2) is 108 Å². The number of ether oxygens (including phenoxy) is 2. The summed E-state index contributed by atoms with van der Waals surface area (Å²) in [6.07, 6.45) is 7.13. The molecule has 1 spiro atoms. The first-order valence-electron chi connectivity index (χ1n) is 25.2. The number of carbonyl (C=O) groups excluding carboxylic acids is 2. The second kappa shape index (κ2) is 20.0. The van der Waals surface area contributed by atoms with Gasteiger partial charge in [-0.2, -0.15) is 0 Å². The SMILES string of the molecule is COc1ccc(C(=O)N2CCN(C3CC4(C3)CN(c3ccc(C(=O)NS(=O)(=O)c5ccc(NCC6CCC(C)(O)CC6)c([N+](=O)[O-])c5)c(Oc5cnc6[nH]cc(F)c6c5)c3)C4)[C@H](c3ccccc3C(C)C)C2)cc1. The van der Waals surface area contributed by atoms with Crippen LogP contribution in [0.4, 0.5) is 21.5 Å². The second-order valence-corrected chi connectivity index (χ2v) is 22.8. The number of aliphatic hydroxyl groups is 1. The van der Waals surface area contributed by atoms with E-state index in [1.807, 2.05) is 29.2 Å². The number of H-pyrrole nitrogens is 1. The predicted molar refractivity (Wildman–Crippen MR) is 278 cm³/mol. The van der Waals surface area contributed by atoms with Crippen LogP contribution in [0.3, 0.4) is 0 Å². The van der Waals surface area contributed by atoms with E-state index in [-0.39, 0.29) is 57.1 Å². The second-order valence-electron chi connectivity index (χ2n) is 21.1. The zero-order chi connectivity index (χ0) is 52.1. The molecule has 2 saturated heterocycles. The van der Waals surface area contributed by atoms with Gasteiger partial charge in [0.05, 0.1) is 45.7 Å². The Labute approximate surface area is 429 Å². The zero-order valence-corrected chi connectivity index (χ0v) is 42.7. The molecule has 74 heavy (non-hydrogen) atoms. The Morgan fingerprint density at radius 2 is 1.73 bits per heavy atom. The highest BCUT2D eigenvalue weighted by Crippen LogP contribution is 2.54. The van der Waals surface area contributed by atoms with Crippen LogP contribution in [0, 0.1) is 27.3 Å². The number of hydrogen-bond acceptors (Lipinski definition) is 13. The van der Waals surface area contributed by atoms with Gasteiger partial charge in [0.15, 0.2) is 0 Å². The molecule has 388 valence electrons. The molecule has 2 amide bonds. The van der Waals surface area contributed by atoms with Crippen LogP contribution in [0.1, 0.15) is 103 Å². The molecule has 4 N–H and O–H groups in total. The molecule has 2 aliphatic carbocycles. The number of methoxy groups -OCH3 is 1. The molecule has 4 aromatic carbocycles. The summed E-state index contributed by atoms with van der Waals surface area (Å²) in [5, 5.41) is 25.8. The highest BCUT2D eigenvalue weighted by atomic mass is 32.2. The van der Waals surface area contributed by atoms with Crippen molar-refractivity contribution >= 4 is 49.9 Å². The quantitative estimate of drug-likeness (QED) is 0.0559. The van der Waals surface area contributed by atoms with E-state index in [1.54, 1.807) is 26.2 Å². The van der Waals surface area contributed by atoms with Crippen molar-refractivity contribution in [3.63, 3.8) is 0 Å². The van der Waals surface area contributed by atoms with Crippen molar-refractivity contribution in [2.24, 2.45) is 11.3 Å². The van der Waals surface area contributed by atoms with Crippen molar-refractivity contribution in [3.8, 4) is 17.2 Å². The van der Waals surface area contributed by atoms with E-state index >= 15 is 0 Å². The summed E-state index contributed by atoms with van der Waals surface area (Å²) in [6, 6.07) is 25.8.